The molecule has 2 aliphatic rings. The van der Waals surface area contributed by atoms with Crippen molar-refractivity contribution >= 4 is 11.6 Å². The van der Waals surface area contributed by atoms with Crippen molar-refractivity contribution in [1.29, 1.82) is 0 Å². The fourth-order valence-corrected chi connectivity index (χ4v) is 3.40. The molecular weight excluding hydrogens is 258 g/mol. The molecule has 1 aromatic carbocycles. The number of benzene rings is 1. The van der Waals surface area contributed by atoms with Gasteiger partial charge in [-0.3, -0.25) is 14.9 Å². The Hall–Kier alpha value is -1.95. The molecule has 2 fully saturated rings. The van der Waals surface area contributed by atoms with Crippen molar-refractivity contribution in [2.45, 2.75) is 13.0 Å². The van der Waals surface area contributed by atoms with Crippen LogP contribution in [-0.2, 0) is 0 Å². The third-order valence-corrected chi connectivity index (χ3v) is 4.53. The van der Waals surface area contributed by atoms with Gasteiger partial charge in [0, 0.05) is 31.7 Å². The van der Waals surface area contributed by atoms with E-state index in [9.17, 15) is 14.9 Å². The minimum atomic E-state index is -0.490. The number of carbonyl (C=O) groups is 1. The van der Waals surface area contributed by atoms with Gasteiger partial charge in [0.05, 0.1) is 4.92 Å². The summed E-state index contributed by atoms with van der Waals surface area (Å²) in [6, 6.07) is 6.31. The second-order valence-corrected chi connectivity index (χ2v) is 5.55. The standard InChI is InChI=1S/C14H17N3O3/c1-9-12-7-15-6-10(12)8-16(9)14(18)11-4-2-3-5-13(11)17(19)20/h2-5,9-10,12,15H,6-8H2,1H3. The van der Waals surface area contributed by atoms with Crippen LogP contribution in [0.5, 0.6) is 0 Å². The Balaban J connectivity index is 1.89. The number of carbonyl (C=O) groups excluding carboxylic acids is 1. The predicted molar refractivity (Wildman–Crippen MR) is 73.4 cm³/mol. The zero-order valence-electron chi connectivity index (χ0n) is 11.3. The number of para-hydroxylation sites is 1. The minimum Gasteiger partial charge on any atom is -0.335 e. The smallest absolute Gasteiger partial charge is 0.282 e. The molecule has 0 radical (unpaired) electrons. The summed E-state index contributed by atoms with van der Waals surface area (Å²) in [6.07, 6.45) is 0. The SMILES string of the molecule is CC1C2CNCC2CN1C(=O)c1ccccc1[N+](=O)[O-]. The number of likely N-dealkylation sites (tertiary alicyclic amines) is 1. The second kappa shape index (κ2) is 4.86. The van der Waals surface area contributed by atoms with Crippen molar-refractivity contribution in [3.05, 3.63) is 39.9 Å². The maximum Gasteiger partial charge on any atom is 0.282 e. The Morgan fingerprint density at radius 2 is 2.15 bits per heavy atom. The number of nitro benzene ring substituents is 1. The quantitative estimate of drug-likeness (QED) is 0.651. The molecule has 0 aromatic heterocycles. The highest BCUT2D eigenvalue weighted by molar-refractivity contribution is 5.98. The molecule has 1 amide bonds. The van der Waals surface area contributed by atoms with Crippen LogP contribution in [-0.4, -0.2) is 41.4 Å². The second-order valence-electron chi connectivity index (χ2n) is 5.55. The monoisotopic (exact) mass is 275 g/mol. The molecule has 3 atom stereocenters. The van der Waals surface area contributed by atoms with E-state index < -0.39 is 4.92 Å². The van der Waals surface area contributed by atoms with E-state index >= 15 is 0 Å². The van der Waals surface area contributed by atoms with Gasteiger partial charge in [-0.05, 0) is 24.8 Å². The number of nitrogens with one attached hydrogen (secondary N) is 1. The summed E-state index contributed by atoms with van der Waals surface area (Å²) in [7, 11) is 0. The largest absolute Gasteiger partial charge is 0.335 e. The number of nitro groups is 1. The Morgan fingerprint density at radius 1 is 1.40 bits per heavy atom. The normalized spacial score (nSPS) is 28.4. The molecule has 3 rings (SSSR count). The van der Waals surface area contributed by atoms with Gasteiger partial charge < -0.3 is 10.2 Å². The number of rotatable bonds is 2. The Morgan fingerprint density at radius 3 is 2.85 bits per heavy atom. The van der Waals surface area contributed by atoms with Crippen molar-refractivity contribution < 1.29 is 9.72 Å². The van der Waals surface area contributed by atoms with E-state index in [4.69, 9.17) is 0 Å². The van der Waals surface area contributed by atoms with Crippen LogP contribution in [0.15, 0.2) is 24.3 Å². The highest BCUT2D eigenvalue weighted by Crippen LogP contribution is 2.34. The topological polar surface area (TPSA) is 75.5 Å². The van der Waals surface area contributed by atoms with Gasteiger partial charge in [0.2, 0.25) is 0 Å². The van der Waals surface area contributed by atoms with E-state index in [1.807, 2.05) is 6.92 Å². The van der Waals surface area contributed by atoms with Gasteiger partial charge >= 0.3 is 0 Å². The number of nitrogens with zero attached hydrogens (tertiary/aromatic N) is 2. The van der Waals surface area contributed by atoms with E-state index in [1.165, 1.54) is 6.07 Å². The van der Waals surface area contributed by atoms with Crippen molar-refractivity contribution in [2.24, 2.45) is 11.8 Å². The minimum absolute atomic E-state index is 0.111. The Labute approximate surface area is 116 Å². The molecule has 0 saturated carbocycles. The van der Waals surface area contributed by atoms with Crippen molar-refractivity contribution in [3.8, 4) is 0 Å². The van der Waals surface area contributed by atoms with Gasteiger partial charge in [-0.15, -0.1) is 0 Å². The van der Waals surface area contributed by atoms with Crippen LogP contribution in [0.4, 0.5) is 5.69 Å². The van der Waals surface area contributed by atoms with E-state index in [1.54, 1.807) is 23.1 Å². The molecule has 106 valence electrons. The summed E-state index contributed by atoms with van der Waals surface area (Å²) < 4.78 is 0. The molecule has 2 saturated heterocycles. The van der Waals surface area contributed by atoms with Gasteiger partial charge in [-0.2, -0.15) is 0 Å². The highest BCUT2D eigenvalue weighted by atomic mass is 16.6. The van der Waals surface area contributed by atoms with Crippen molar-refractivity contribution in [3.63, 3.8) is 0 Å². The maximum absolute atomic E-state index is 12.6. The fraction of sp³-hybridized carbons (Fsp3) is 0.500. The van der Waals surface area contributed by atoms with E-state index in [-0.39, 0.29) is 23.2 Å². The van der Waals surface area contributed by atoms with E-state index in [2.05, 4.69) is 5.32 Å². The average Bonchev–Trinajstić information content (AvgIpc) is 3.01. The Bertz CT molecular complexity index is 560. The van der Waals surface area contributed by atoms with Crippen LogP contribution >= 0.6 is 0 Å². The zero-order valence-corrected chi connectivity index (χ0v) is 11.3. The van der Waals surface area contributed by atoms with Gasteiger partial charge in [-0.25, -0.2) is 0 Å². The van der Waals surface area contributed by atoms with Crippen LogP contribution in [0.3, 0.4) is 0 Å². The number of hydrogen-bond donors (Lipinski definition) is 1. The lowest BCUT2D eigenvalue weighted by atomic mass is 9.95. The molecule has 1 N–H and O–H groups in total. The van der Waals surface area contributed by atoms with Crippen LogP contribution in [0.25, 0.3) is 0 Å². The van der Waals surface area contributed by atoms with Crippen molar-refractivity contribution in [1.82, 2.24) is 10.2 Å². The molecule has 1 aromatic rings. The molecule has 3 unspecified atom stereocenters. The lowest BCUT2D eigenvalue weighted by Crippen LogP contribution is -2.38. The lowest BCUT2D eigenvalue weighted by molar-refractivity contribution is -0.385. The fourth-order valence-electron chi connectivity index (χ4n) is 3.40. The van der Waals surface area contributed by atoms with Crippen LogP contribution in [0, 0.1) is 22.0 Å². The van der Waals surface area contributed by atoms with E-state index in [0.717, 1.165) is 13.1 Å². The predicted octanol–water partition coefficient (Wildman–Crippen LogP) is 1.27. The van der Waals surface area contributed by atoms with Gasteiger partial charge in [0.25, 0.3) is 11.6 Å². The third kappa shape index (κ3) is 1.96. The molecule has 20 heavy (non-hydrogen) atoms. The third-order valence-electron chi connectivity index (χ3n) is 4.53. The highest BCUT2D eigenvalue weighted by Gasteiger charge is 2.44. The average molecular weight is 275 g/mol. The summed E-state index contributed by atoms with van der Waals surface area (Å²) in [5, 5.41) is 14.4. The van der Waals surface area contributed by atoms with Crippen LogP contribution < -0.4 is 5.32 Å². The first-order valence-electron chi connectivity index (χ1n) is 6.84. The number of hydrogen-bond acceptors (Lipinski definition) is 4. The maximum atomic E-state index is 12.6. The molecule has 0 aliphatic carbocycles. The molecule has 2 aliphatic heterocycles. The van der Waals surface area contributed by atoms with Gasteiger partial charge in [-0.1, -0.05) is 12.1 Å². The zero-order chi connectivity index (χ0) is 14.3. The molecule has 2 heterocycles. The first-order chi connectivity index (χ1) is 9.59. The summed E-state index contributed by atoms with van der Waals surface area (Å²) in [4.78, 5) is 25.0. The van der Waals surface area contributed by atoms with Crippen molar-refractivity contribution in [2.75, 3.05) is 19.6 Å². The molecule has 0 spiro atoms. The van der Waals surface area contributed by atoms with E-state index in [0.29, 0.717) is 18.4 Å². The first kappa shape index (κ1) is 13.1. The molecule has 0 bridgehead atoms. The summed E-state index contributed by atoms with van der Waals surface area (Å²) in [6.45, 7) is 4.57. The molecular formula is C14H17N3O3. The summed E-state index contributed by atoms with van der Waals surface area (Å²) >= 11 is 0. The lowest BCUT2D eigenvalue weighted by Gasteiger charge is -2.24. The summed E-state index contributed by atoms with van der Waals surface area (Å²) in [5.74, 6) is 0.706. The molecule has 6 heteroatoms. The number of amides is 1. The van der Waals surface area contributed by atoms with Crippen LogP contribution in [0.1, 0.15) is 17.3 Å². The Kier molecular flexibility index (Phi) is 3.17. The molecule has 6 nitrogen and oxygen atoms in total. The van der Waals surface area contributed by atoms with Gasteiger partial charge in [0.1, 0.15) is 5.56 Å². The first-order valence-corrected chi connectivity index (χ1v) is 6.84. The summed E-state index contributed by atoms with van der Waals surface area (Å²) in [5.41, 5.74) is 0.0807. The number of fused-ring (bicyclic) bond motifs is 1. The van der Waals surface area contributed by atoms with Crippen LogP contribution in [0.2, 0.25) is 0 Å². The van der Waals surface area contributed by atoms with Gasteiger partial charge in [0.15, 0.2) is 0 Å².